The average molecular weight is 271 g/mol. The zero-order valence-electron chi connectivity index (χ0n) is 11.5. The van der Waals surface area contributed by atoms with Gasteiger partial charge in [0.05, 0.1) is 12.5 Å². The second kappa shape index (κ2) is 6.40. The van der Waals surface area contributed by atoms with Gasteiger partial charge in [-0.25, -0.2) is 4.79 Å². The van der Waals surface area contributed by atoms with Crippen molar-refractivity contribution in [2.75, 3.05) is 33.2 Å². The number of carbonyl (C=O) groups is 3. The molecule has 1 fully saturated rings. The van der Waals surface area contributed by atoms with Crippen molar-refractivity contribution < 1.29 is 19.5 Å². The fourth-order valence-corrected chi connectivity index (χ4v) is 2.03. The van der Waals surface area contributed by atoms with Crippen molar-refractivity contribution in [3.8, 4) is 0 Å². The van der Waals surface area contributed by atoms with Crippen LogP contribution in [0.4, 0.5) is 4.79 Å². The molecule has 7 heteroatoms. The lowest BCUT2D eigenvalue weighted by Gasteiger charge is -2.19. The molecule has 0 bridgehead atoms. The number of amides is 3. The molecule has 2 N–H and O–H groups in total. The number of hydrogen-bond donors (Lipinski definition) is 2. The standard InChI is InChI=1S/C12H21N3O4/c1-4-14(3)10(16)5-13-12(19)15-6-8(2)9(7-15)11(17)18/h8-9H,4-7H2,1-3H3,(H,13,19)(H,17,18)/t8-,9-/m1/s1. The van der Waals surface area contributed by atoms with E-state index in [-0.39, 0.29) is 30.9 Å². The first-order valence-corrected chi connectivity index (χ1v) is 6.36. The Kier molecular flexibility index (Phi) is 5.14. The van der Waals surface area contributed by atoms with Gasteiger partial charge in [-0.15, -0.1) is 0 Å². The molecule has 0 aromatic carbocycles. The van der Waals surface area contributed by atoms with Gasteiger partial charge in [-0.3, -0.25) is 9.59 Å². The number of aliphatic carboxylic acids is 1. The number of likely N-dealkylation sites (N-methyl/N-ethyl adjacent to an activating group) is 1. The third-order valence-corrected chi connectivity index (χ3v) is 3.51. The Morgan fingerprint density at radius 3 is 2.47 bits per heavy atom. The van der Waals surface area contributed by atoms with Crippen molar-refractivity contribution in [3.05, 3.63) is 0 Å². The molecule has 2 atom stereocenters. The molecule has 0 saturated carbocycles. The minimum atomic E-state index is -0.885. The number of likely N-dealkylation sites (tertiary alicyclic amines) is 1. The van der Waals surface area contributed by atoms with Gasteiger partial charge >= 0.3 is 12.0 Å². The number of nitrogens with zero attached hydrogens (tertiary/aromatic N) is 2. The Bertz CT molecular complexity index is 372. The topological polar surface area (TPSA) is 90.0 Å². The van der Waals surface area contributed by atoms with E-state index in [1.807, 2.05) is 13.8 Å². The Morgan fingerprint density at radius 2 is 2.00 bits per heavy atom. The first kappa shape index (κ1) is 15.3. The van der Waals surface area contributed by atoms with Crippen LogP contribution in [0.1, 0.15) is 13.8 Å². The van der Waals surface area contributed by atoms with Gasteiger partial charge in [-0.05, 0) is 12.8 Å². The number of hydrogen-bond acceptors (Lipinski definition) is 3. The van der Waals surface area contributed by atoms with Crippen molar-refractivity contribution in [2.45, 2.75) is 13.8 Å². The second-order valence-corrected chi connectivity index (χ2v) is 4.89. The van der Waals surface area contributed by atoms with Crippen molar-refractivity contribution in [3.63, 3.8) is 0 Å². The molecule has 0 aromatic rings. The highest BCUT2D eigenvalue weighted by molar-refractivity contribution is 5.84. The molecule has 1 aliphatic heterocycles. The van der Waals surface area contributed by atoms with Gasteiger partial charge in [0.15, 0.2) is 0 Å². The maximum absolute atomic E-state index is 11.8. The van der Waals surface area contributed by atoms with Crippen LogP contribution in [-0.4, -0.2) is 66.0 Å². The van der Waals surface area contributed by atoms with E-state index in [0.29, 0.717) is 13.1 Å². The van der Waals surface area contributed by atoms with Crippen molar-refractivity contribution >= 4 is 17.9 Å². The molecule has 0 aliphatic carbocycles. The Hall–Kier alpha value is -1.79. The summed E-state index contributed by atoms with van der Waals surface area (Å²) in [5, 5.41) is 11.5. The van der Waals surface area contributed by atoms with Crippen molar-refractivity contribution in [1.29, 1.82) is 0 Å². The van der Waals surface area contributed by atoms with Crippen LogP contribution >= 0.6 is 0 Å². The van der Waals surface area contributed by atoms with Crippen LogP contribution in [0.15, 0.2) is 0 Å². The second-order valence-electron chi connectivity index (χ2n) is 4.89. The highest BCUT2D eigenvalue weighted by atomic mass is 16.4. The van der Waals surface area contributed by atoms with Crippen molar-refractivity contribution in [2.24, 2.45) is 11.8 Å². The Balaban J connectivity index is 2.43. The van der Waals surface area contributed by atoms with Gasteiger partial charge in [0.25, 0.3) is 0 Å². The molecule has 1 saturated heterocycles. The molecule has 0 spiro atoms. The highest BCUT2D eigenvalue weighted by Crippen LogP contribution is 2.22. The number of rotatable bonds is 4. The van der Waals surface area contributed by atoms with Crippen LogP contribution in [0.25, 0.3) is 0 Å². The summed E-state index contributed by atoms with van der Waals surface area (Å²) < 4.78 is 0. The molecule has 0 radical (unpaired) electrons. The first-order valence-electron chi connectivity index (χ1n) is 6.36. The third-order valence-electron chi connectivity index (χ3n) is 3.51. The summed E-state index contributed by atoms with van der Waals surface area (Å²) in [5.74, 6) is -1.65. The van der Waals surface area contributed by atoms with Gasteiger partial charge in [-0.1, -0.05) is 6.92 Å². The predicted octanol–water partition coefficient (Wildman–Crippen LogP) is -0.173. The fourth-order valence-electron chi connectivity index (χ4n) is 2.03. The Labute approximate surface area is 112 Å². The number of nitrogens with one attached hydrogen (secondary N) is 1. The van der Waals surface area contributed by atoms with Crippen LogP contribution in [0.3, 0.4) is 0 Å². The SMILES string of the molecule is CCN(C)C(=O)CNC(=O)N1C[C@@H](C)[C@H](C(=O)O)C1. The van der Waals surface area contributed by atoms with E-state index >= 15 is 0 Å². The summed E-state index contributed by atoms with van der Waals surface area (Å²) in [4.78, 5) is 37.3. The molecule has 1 aliphatic rings. The van der Waals surface area contributed by atoms with Crippen LogP contribution in [0.2, 0.25) is 0 Å². The van der Waals surface area contributed by atoms with Crippen LogP contribution in [0.5, 0.6) is 0 Å². The highest BCUT2D eigenvalue weighted by Gasteiger charge is 2.36. The fraction of sp³-hybridized carbons (Fsp3) is 0.750. The molecule has 1 heterocycles. The van der Waals surface area contributed by atoms with Crippen molar-refractivity contribution in [1.82, 2.24) is 15.1 Å². The first-order chi connectivity index (χ1) is 8.86. The van der Waals surface area contributed by atoms with Crippen LogP contribution in [0, 0.1) is 11.8 Å². The van der Waals surface area contributed by atoms with E-state index in [1.54, 1.807) is 7.05 Å². The molecular formula is C12H21N3O4. The van der Waals surface area contributed by atoms with Gasteiger partial charge in [0.1, 0.15) is 0 Å². The minimum Gasteiger partial charge on any atom is -0.481 e. The number of carboxylic acid groups (broad SMARTS) is 1. The van der Waals surface area contributed by atoms with E-state index in [1.165, 1.54) is 9.80 Å². The van der Waals surface area contributed by atoms with E-state index in [4.69, 9.17) is 5.11 Å². The zero-order chi connectivity index (χ0) is 14.6. The lowest BCUT2D eigenvalue weighted by atomic mass is 9.99. The van der Waals surface area contributed by atoms with E-state index in [2.05, 4.69) is 5.32 Å². The smallest absolute Gasteiger partial charge is 0.317 e. The van der Waals surface area contributed by atoms with Gasteiger partial charge in [0, 0.05) is 26.7 Å². The van der Waals surface area contributed by atoms with E-state index in [9.17, 15) is 14.4 Å². The molecule has 19 heavy (non-hydrogen) atoms. The number of carbonyl (C=O) groups excluding carboxylic acids is 2. The summed E-state index contributed by atoms with van der Waals surface area (Å²) in [6, 6.07) is -0.381. The summed E-state index contributed by atoms with van der Waals surface area (Å²) in [5.41, 5.74) is 0. The lowest BCUT2D eigenvalue weighted by Crippen LogP contribution is -2.44. The zero-order valence-corrected chi connectivity index (χ0v) is 11.5. The quantitative estimate of drug-likeness (QED) is 0.742. The summed E-state index contributed by atoms with van der Waals surface area (Å²) >= 11 is 0. The van der Waals surface area contributed by atoms with Crippen LogP contribution in [-0.2, 0) is 9.59 Å². The summed E-state index contributed by atoms with van der Waals surface area (Å²) in [6.45, 7) is 4.77. The third kappa shape index (κ3) is 3.84. The van der Waals surface area contributed by atoms with Gasteiger partial charge < -0.3 is 20.2 Å². The molecule has 0 unspecified atom stereocenters. The minimum absolute atomic E-state index is 0.0637. The van der Waals surface area contributed by atoms with E-state index < -0.39 is 11.9 Å². The summed E-state index contributed by atoms with van der Waals surface area (Å²) in [7, 11) is 1.66. The number of carboxylic acids is 1. The molecular weight excluding hydrogens is 250 g/mol. The van der Waals surface area contributed by atoms with E-state index in [0.717, 1.165) is 0 Å². The van der Waals surface area contributed by atoms with Gasteiger partial charge in [-0.2, -0.15) is 0 Å². The largest absolute Gasteiger partial charge is 0.481 e. The maximum atomic E-state index is 11.8. The maximum Gasteiger partial charge on any atom is 0.317 e. The molecule has 3 amide bonds. The molecule has 7 nitrogen and oxygen atoms in total. The molecule has 1 rings (SSSR count). The van der Waals surface area contributed by atoms with Gasteiger partial charge in [0.2, 0.25) is 5.91 Å². The predicted molar refractivity (Wildman–Crippen MR) is 68.6 cm³/mol. The molecule has 0 aromatic heterocycles. The monoisotopic (exact) mass is 271 g/mol. The average Bonchev–Trinajstić information content (AvgIpc) is 2.76. The molecule has 108 valence electrons. The summed E-state index contributed by atoms with van der Waals surface area (Å²) in [6.07, 6.45) is 0. The Morgan fingerprint density at radius 1 is 1.37 bits per heavy atom. The lowest BCUT2D eigenvalue weighted by molar-refractivity contribution is -0.142. The normalized spacial score (nSPS) is 22.2. The van der Waals surface area contributed by atoms with Crippen LogP contribution < -0.4 is 5.32 Å². The number of urea groups is 1.